The first-order valence-electron chi connectivity index (χ1n) is 4.47. The van der Waals surface area contributed by atoms with Gasteiger partial charge in [0.15, 0.2) is 5.78 Å². The van der Waals surface area contributed by atoms with E-state index in [-0.39, 0.29) is 9.52 Å². The van der Waals surface area contributed by atoms with Gasteiger partial charge in [-0.1, -0.05) is 56.1 Å². The molecule has 0 aliphatic carbocycles. The van der Waals surface area contributed by atoms with Crippen molar-refractivity contribution in [2.24, 2.45) is 0 Å². The fourth-order valence-corrected chi connectivity index (χ4v) is 1.74. The molecule has 0 unspecified atom stereocenters. The third-order valence-electron chi connectivity index (χ3n) is 1.98. The third kappa shape index (κ3) is 3.40. The van der Waals surface area contributed by atoms with Crippen LogP contribution in [-0.4, -0.2) is 16.5 Å². The largest absolute Gasteiger partial charge is 0.382 e. The minimum atomic E-state index is -1.32. The molecular formula is C11H12Br2O2. The average molecular weight is 336 g/mol. The molecule has 1 rings (SSSR count). The SMILES string of the molecule is CC(C)(O)C(=O)c1ccc(C(Br)Br)cc1. The van der Waals surface area contributed by atoms with Crippen LogP contribution in [0.4, 0.5) is 0 Å². The van der Waals surface area contributed by atoms with Gasteiger partial charge in [-0.15, -0.1) is 0 Å². The zero-order valence-electron chi connectivity index (χ0n) is 8.50. The van der Waals surface area contributed by atoms with Gasteiger partial charge in [-0.25, -0.2) is 0 Å². The van der Waals surface area contributed by atoms with Gasteiger partial charge in [0.25, 0.3) is 0 Å². The lowest BCUT2D eigenvalue weighted by molar-refractivity contribution is 0.0488. The Bertz CT molecular complexity index is 350. The van der Waals surface area contributed by atoms with Gasteiger partial charge in [0.05, 0.1) is 3.74 Å². The van der Waals surface area contributed by atoms with Crippen LogP contribution < -0.4 is 0 Å². The van der Waals surface area contributed by atoms with E-state index in [0.29, 0.717) is 5.56 Å². The number of ketones is 1. The Kier molecular flexibility index (Phi) is 4.09. The van der Waals surface area contributed by atoms with Gasteiger partial charge < -0.3 is 5.11 Å². The van der Waals surface area contributed by atoms with E-state index in [1.807, 2.05) is 12.1 Å². The number of alkyl halides is 2. The van der Waals surface area contributed by atoms with E-state index < -0.39 is 5.60 Å². The summed E-state index contributed by atoms with van der Waals surface area (Å²) in [5, 5.41) is 9.55. The highest BCUT2D eigenvalue weighted by atomic mass is 79.9. The molecule has 0 aliphatic heterocycles. The van der Waals surface area contributed by atoms with Crippen molar-refractivity contribution in [1.82, 2.24) is 0 Å². The molecule has 0 atom stereocenters. The summed E-state index contributed by atoms with van der Waals surface area (Å²) in [6.45, 7) is 2.97. The van der Waals surface area contributed by atoms with E-state index in [1.165, 1.54) is 13.8 Å². The number of benzene rings is 1. The van der Waals surface area contributed by atoms with E-state index in [1.54, 1.807) is 12.1 Å². The molecule has 4 heteroatoms. The first kappa shape index (κ1) is 12.9. The fourth-order valence-electron chi connectivity index (χ4n) is 1.13. The molecule has 0 saturated heterocycles. The number of carbonyl (C=O) groups excluding carboxylic acids is 1. The van der Waals surface area contributed by atoms with Crippen LogP contribution in [0.15, 0.2) is 24.3 Å². The highest BCUT2D eigenvalue weighted by Crippen LogP contribution is 2.29. The Labute approximate surface area is 106 Å². The minimum Gasteiger partial charge on any atom is -0.382 e. The summed E-state index contributed by atoms with van der Waals surface area (Å²) in [6, 6.07) is 7.11. The number of rotatable bonds is 3. The van der Waals surface area contributed by atoms with Gasteiger partial charge in [-0.3, -0.25) is 4.79 Å². The second-order valence-corrected chi connectivity index (χ2v) is 6.87. The van der Waals surface area contributed by atoms with Crippen LogP contribution in [0.1, 0.15) is 33.5 Å². The zero-order chi connectivity index (χ0) is 11.6. The summed E-state index contributed by atoms with van der Waals surface area (Å²) in [7, 11) is 0. The van der Waals surface area contributed by atoms with Crippen molar-refractivity contribution in [1.29, 1.82) is 0 Å². The Morgan fingerprint density at radius 3 is 2.07 bits per heavy atom. The summed E-state index contributed by atoms with van der Waals surface area (Å²) < 4.78 is 0.0799. The van der Waals surface area contributed by atoms with E-state index in [0.717, 1.165) is 5.56 Å². The standard InChI is InChI=1S/C11H12Br2O2/c1-11(2,15)9(14)7-3-5-8(6-4-7)10(12)13/h3-6,10,15H,1-2H3. The Morgan fingerprint density at radius 1 is 1.27 bits per heavy atom. The molecule has 0 fully saturated rings. The van der Waals surface area contributed by atoms with Crippen LogP contribution in [-0.2, 0) is 0 Å². The number of Topliss-reactive ketones (excluding diaryl/α,β-unsaturated/α-hetero) is 1. The zero-order valence-corrected chi connectivity index (χ0v) is 11.7. The Morgan fingerprint density at radius 2 is 1.73 bits per heavy atom. The van der Waals surface area contributed by atoms with Gasteiger partial charge in [0, 0.05) is 5.56 Å². The summed E-state index contributed by atoms with van der Waals surface area (Å²) in [4.78, 5) is 11.7. The van der Waals surface area contributed by atoms with Gasteiger partial charge in [0.2, 0.25) is 0 Å². The number of aliphatic hydroxyl groups is 1. The predicted octanol–water partition coefficient (Wildman–Crippen LogP) is 3.43. The van der Waals surface area contributed by atoms with Gasteiger partial charge in [0.1, 0.15) is 5.60 Å². The molecule has 0 amide bonds. The predicted molar refractivity (Wildman–Crippen MR) is 67.7 cm³/mol. The maximum absolute atomic E-state index is 11.7. The number of hydrogen-bond donors (Lipinski definition) is 1. The topological polar surface area (TPSA) is 37.3 Å². The van der Waals surface area contributed by atoms with Crippen LogP contribution in [0, 0.1) is 0 Å². The molecule has 2 nitrogen and oxygen atoms in total. The smallest absolute Gasteiger partial charge is 0.193 e. The summed E-state index contributed by atoms with van der Waals surface area (Å²) in [5.41, 5.74) is 0.234. The number of halogens is 2. The molecule has 1 N–H and O–H groups in total. The first-order valence-corrected chi connectivity index (χ1v) is 6.31. The molecule has 0 aromatic heterocycles. The Balaban J connectivity index is 2.95. The average Bonchev–Trinajstić information content (AvgIpc) is 2.15. The van der Waals surface area contributed by atoms with E-state index in [9.17, 15) is 9.90 Å². The van der Waals surface area contributed by atoms with Gasteiger partial charge in [-0.05, 0) is 19.4 Å². The molecule has 15 heavy (non-hydrogen) atoms. The summed E-state index contributed by atoms with van der Waals surface area (Å²) >= 11 is 6.73. The van der Waals surface area contributed by atoms with Crippen LogP contribution >= 0.6 is 31.9 Å². The second-order valence-electron chi connectivity index (χ2n) is 3.81. The molecule has 0 aliphatic rings. The van der Waals surface area contributed by atoms with Crippen LogP contribution in [0.5, 0.6) is 0 Å². The highest BCUT2D eigenvalue weighted by Gasteiger charge is 2.24. The Hall–Kier alpha value is -0.190. The van der Waals surface area contributed by atoms with E-state index in [2.05, 4.69) is 31.9 Å². The molecule has 0 heterocycles. The molecule has 0 spiro atoms. The molecule has 0 saturated carbocycles. The van der Waals surface area contributed by atoms with Crippen molar-refractivity contribution in [2.75, 3.05) is 0 Å². The lowest BCUT2D eigenvalue weighted by Crippen LogP contribution is -2.30. The van der Waals surface area contributed by atoms with Crippen LogP contribution in [0.2, 0.25) is 0 Å². The first-order chi connectivity index (χ1) is 6.82. The molecular weight excluding hydrogens is 324 g/mol. The highest BCUT2D eigenvalue weighted by molar-refractivity contribution is 9.24. The summed E-state index contributed by atoms with van der Waals surface area (Å²) in [6.07, 6.45) is 0. The quantitative estimate of drug-likeness (QED) is 0.678. The third-order valence-corrected chi connectivity index (χ3v) is 3.04. The van der Waals surface area contributed by atoms with Crippen molar-refractivity contribution in [2.45, 2.75) is 23.2 Å². The normalized spacial score (nSPS) is 11.9. The van der Waals surface area contributed by atoms with Crippen LogP contribution in [0.3, 0.4) is 0 Å². The molecule has 0 radical (unpaired) electrons. The maximum atomic E-state index is 11.7. The minimum absolute atomic E-state index is 0.0799. The molecule has 1 aromatic rings. The van der Waals surface area contributed by atoms with Crippen molar-refractivity contribution in [3.8, 4) is 0 Å². The second kappa shape index (κ2) is 4.76. The van der Waals surface area contributed by atoms with Crippen molar-refractivity contribution >= 4 is 37.6 Å². The van der Waals surface area contributed by atoms with Crippen molar-refractivity contribution < 1.29 is 9.90 Å². The van der Waals surface area contributed by atoms with Crippen molar-refractivity contribution in [3.63, 3.8) is 0 Å². The fraction of sp³-hybridized carbons (Fsp3) is 0.364. The number of carbonyl (C=O) groups is 1. The van der Waals surface area contributed by atoms with E-state index >= 15 is 0 Å². The monoisotopic (exact) mass is 334 g/mol. The lowest BCUT2D eigenvalue weighted by atomic mass is 9.96. The van der Waals surface area contributed by atoms with E-state index in [4.69, 9.17) is 0 Å². The lowest BCUT2D eigenvalue weighted by Gasteiger charge is -2.15. The molecule has 1 aromatic carbocycles. The maximum Gasteiger partial charge on any atom is 0.193 e. The summed E-state index contributed by atoms with van der Waals surface area (Å²) in [5.74, 6) is -0.269. The van der Waals surface area contributed by atoms with Crippen LogP contribution in [0.25, 0.3) is 0 Å². The molecule has 0 bridgehead atoms. The van der Waals surface area contributed by atoms with Gasteiger partial charge in [-0.2, -0.15) is 0 Å². The molecule has 82 valence electrons. The number of hydrogen-bond acceptors (Lipinski definition) is 2. The van der Waals surface area contributed by atoms with Gasteiger partial charge >= 0.3 is 0 Å². The van der Waals surface area contributed by atoms with Crippen molar-refractivity contribution in [3.05, 3.63) is 35.4 Å².